The van der Waals surface area contributed by atoms with Gasteiger partial charge in [-0.1, -0.05) is 13.8 Å². The van der Waals surface area contributed by atoms with Gasteiger partial charge in [0, 0.05) is 32.6 Å². The largest absolute Gasteiger partial charge is 0.464 e. The topological polar surface area (TPSA) is 84.7 Å². The van der Waals surface area contributed by atoms with Crippen molar-refractivity contribution in [2.75, 3.05) is 26.7 Å². The van der Waals surface area contributed by atoms with Crippen molar-refractivity contribution in [3.05, 3.63) is 17.5 Å². The molecule has 0 radical (unpaired) electrons. The first-order valence-electron chi connectivity index (χ1n) is 9.10. The lowest BCUT2D eigenvalue weighted by atomic mass is 10.1. The molecule has 2 aliphatic rings. The summed E-state index contributed by atoms with van der Waals surface area (Å²) in [5, 5.41) is 4.27. The molecule has 1 aromatic rings. The van der Waals surface area contributed by atoms with Gasteiger partial charge in [-0.15, -0.1) is 0 Å². The van der Waals surface area contributed by atoms with Gasteiger partial charge in [-0.25, -0.2) is 4.79 Å². The Morgan fingerprint density at radius 3 is 2.81 bits per heavy atom. The minimum absolute atomic E-state index is 0.0128. The summed E-state index contributed by atoms with van der Waals surface area (Å²) >= 11 is 0. The Morgan fingerprint density at radius 2 is 2.12 bits per heavy atom. The van der Waals surface area contributed by atoms with Gasteiger partial charge in [0.1, 0.15) is 0 Å². The third-order valence-electron chi connectivity index (χ3n) is 4.87. The summed E-state index contributed by atoms with van der Waals surface area (Å²) in [4.78, 5) is 40.4. The zero-order valence-electron chi connectivity index (χ0n) is 15.6. The number of ether oxygens (including phenoxy) is 1. The molecule has 26 heavy (non-hydrogen) atoms. The van der Waals surface area contributed by atoms with Crippen LogP contribution in [-0.4, -0.2) is 64.1 Å². The van der Waals surface area contributed by atoms with E-state index < -0.39 is 5.97 Å². The predicted octanol–water partition coefficient (Wildman–Crippen LogP) is 0.906. The monoisotopic (exact) mass is 362 g/mol. The van der Waals surface area contributed by atoms with Crippen LogP contribution in [0.4, 0.5) is 0 Å². The van der Waals surface area contributed by atoms with E-state index in [9.17, 15) is 14.4 Å². The summed E-state index contributed by atoms with van der Waals surface area (Å²) in [6.07, 6.45) is 1.05. The summed E-state index contributed by atoms with van der Waals surface area (Å²) in [5.41, 5.74) is 1.08. The summed E-state index contributed by atoms with van der Waals surface area (Å²) in [5.74, 6) is -0.300. The molecular formula is C18H26N4O4. The fourth-order valence-electron chi connectivity index (χ4n) is 3.67. The highest BCUT2D eigenvalue weighted by molar-refractivity contribution is 5.89. The first-order valence-corrected chi connectivity index (χ1v) is 9.10. The van der Waals surface area contributed by atoms with Crippen LogP contribution in [0.1, 0.15) is 42.9 Å². The van der Waals surface area contributed by atoms with Crippen LogP contribution in [0.15, 0.2) is 6.07 Å². The molecule has 1 atom stereocenters. The van der Waals surface area contributed by atoms with Crippen LogP contribution in [0.3, 0.4) is 0 Å². The Morgan fingerprint density at radius 1 is 1.35 bits per heavy atom. The number of aromatic nitrogens is 2. The van der Waals surface area contributed by atoms with E-state index in [0.29, 0.717) is 38.6 Å². The standard InChI is InChI=1S/C18H26N4O4/c1-12(2)9-21-10-13(7-16(21)23)17(24)20-5-4-6-22-14(11-20)8-15(19-22)18(25)26-3/h8,12-13H,4-7,9-11H2,1-3H3/t13-/m1/s1. The number of carbonyl (C=O) groups excluding carboxylic acids is 3. The van der Waals surface area contributed by atoms with Crippen LogP contribution in [0.2, 0.25) is 0 Å². The molecule has 2 aliphatic heterocycles. The first-order chi connectivity index (χ1) is 12.4. The van der Waals surface area contributed by atoms with Crippen LogP contribution < -0.4 is 0 Å². The highest BCUT2D eigenvalue weighted by atomic mass is 16.5. The molecule has 3 rings (SSSR count). The summed E-state index contributed by atoms with van der Waals surface area (Å²) in [6, 6.07) is 1.68. The van der Waals surface area contributed by atoms with Gasteiger partial charge in [-0.3, -0.25) is 14.3 Å². The molecule has 0 N–H and O–H groups in total. The highest BCUT2D eigenvalue weighted by Gasteiger charge is 2.37. The van der Waals surface area contributed by atoms with Crippen molar-refractivity contribution < 1.29 is 19.1 Å². The van der Waals surface area contributed by atoms with Crippen molar-refractivity contribution >= 4 is 17.8 Å². The molecule has 0 bridgehead atoms. The zero-order chi connectivity index (χ0) is 18.8. The van der Waals surface area contributed by atoms with Crippen molar-refractivity contribution in [1.29, 1.82) is 0 Å². The Bertz CT molecular complexity index is 712. The van der Waals surface area contributed by atoms with E-state index in [1.165, 1.54) is 7.11 Å². The maximum Gasteiger partial charge on any atom is 0.358 e. The van der Waals surface area contributed by atoms with E-state index in [-0.39, 0.29) is 29.8 Å². The second-order valence-corrected chi connectivity index (χ2v) is 7.44. The van der Waals surface area contributed by atoms with Crippen LogP contribution in [0.5, 0.6) is 0 Å². The summed E-state index contributed by atoms with van der Waals surface area (Å²) in [6.45, 7) is 7.01. The molecule has 142 valence electrons. The number of fused-ring (bicyclic) bond motifs is 1. The van der Waals surface area contributed by atoms with Gasteiger partial charge >= 0.3 is 5.97 Å². The number of carbonyl (C=O) groups is 3. The number of methoxy groups -OCH3 is 1. The molecule has 1 aromatic heterocycles. The molecule has 1 fully saturated rings. The minimum Gasteiger partial charge on any atom is -0.464 e. The minimum atomic E-state index is -0.478. The lowest BCUT2D eigenvalue weighted by Crippen LogP contribution is -2.37. The van der Waals surface area contributed by atoms with Gasteiger partial charge in [0.05, 0.1) is 25.3 Å². The van der Waals surface area contributed by atoms with Gasteiger partial charge < -0.3 is 14.5 Å². The van der Waals surface area contributed by atoms with Crippen molar-refractivity contribution in [2.45, 2.75) is 39.8 Å². The van der Waals surface area contributed by atoms with E-state index in [0.717, 1.165) is 12.1 Å². The molecule has 0 aromatic carbocycles. The molecule has 1 saturated heterocycles. The molecule has 8 heteroatoms. The maximum absolute atomic E-state index is 13.0. The average molecular weight is 362 g/mol. The van der Waals surface area contributed by atoms with E-state index in [1.54, 1.807) is 20.5 Å². The number of hydrogen-bond acceptors (Lipinski definition) is 5. The number of hydrogen-bond donors (Lipinski definition) is 0. The molecule has 0 spiro atoms. The summed E-state index contributed by atoms with van der Waals surface area (Å²) in [7, 11) is 1.32. The number of nitrogens with zero attached hydrogens (tertiary/aromatic N) is 4. The smallest absolute Gasteiger partial charge is 0.358 e. The molecule has 0 saturated carbocycles. The predicted molar refractivity (Wildman–Crippen MR) is 93.1 cm³/mol. The normalized spacial score (nSPS) is 20.3. The third-order valence-corrected chi connectivity index (χ3v) is 4.87. The highest BCUT2D eigenvalue weighted by Crippen LogP contribution is 2.23. The van der Waals surface area contributed by atoms with Crippen LogP contribution in [0, 0.1) is 11.8 Å². The van der Waals surface area contributed by atoms with Gasteiger partial charge in [0.15, 0.2) is 5.69 Å². The Balaban J connectivity index is 1.70. The molecule has 0 aliphatic carbocycles. The van der Waals surface area contributed by atoms with Crippen molar-refractivity contribution in [3.8, 4) is 0 Å². The van der Waals surface area contributed by atoms with Gasteiger partial charge in [-0.2, -0.15) is 5.10 Å². The fraction of sp³-hybridized carbons (Fsp3) is 0.667. The number of likely N-dealkylation sites (tertiary alicyclic amines) is 1. The maximum atomic E-state index is 13.0. The molecule has 8 nitrogen and oxygen atoms in total. The molecular weight excluding hydrogens is 336 g/mol. The van der Waals surface area contributed by atoms with E-state index >= 15 is 0 Å². The number of rotatable bonds is 4. The van der Waals surface area contributed by atoms with Crippen molar-refractivity contribution in [1.82, 2.24) is 19.6 Å². The van der Waals surface area contributed by atoms with Gasteiger partial charge in [0.25, 0.3) is 0 Å². The lowest BCUT2D eigenvalue weighted by Gasteiger charge is -2.24. The van der Waals surface area contributed by atoms with Crippen molar-refractivity contribution in [3.63, 3.8) is 0 Å². The second kappa shape index (κ2) is 7.47. The van der Waals surface area contributed by atoms with Crippen LogP contribution in [0.25, 0.3) is 0 Å². The quantitative estimate of drug-likeness (QED) is 0.743. The van der Waals surface area contributed by atoms with Gasteiger partial charge in [-0.05, 0) is 18.4 Å². The fourth-order valence-corrected chi connectivity index (χ4v) is 3.67. The van der Waals surface area contributed by atoms with Crippen LogP contribution >= 0.6 is 0 Å². The lowest BCUT2D eigenvalue weighted by molar-refractivity contribution is -0.136. The molecule has 0 unspecified atom stereocenters. The van der Waals surface area contributed by atoms with Crippen molar-refractivity contribution in [2.24, 2.45) is 11.8 Å². The van der Waals surface area contributed by atoms with Gasteiger partial charge in [0.2, 0.25) is 11.8 Å². The number of esters is 1. The van der Waals surface area contributed by atoms with Crippen LogP contribution in [-0.2, 0) is 27.4 Å². The van der Waals surface area contributed by atoms with E-state index in [4.69, 9.17) is 4.74 Å². The number of amides is 2. The average Bonchev–Trinajstić information content (AvgIpc) is 3.10. The SMILES string of the molecule is COC(=O)c1cc2n(n1)CCCN(C(=O)[C@@H]1CC(=O)N(CC(C)C)C1)C2. The summed E-state index contributed by atoms with van der Waals surface area (Å²) < 4.78 is 6.49. The first kappa shape index (κ1) is 18.4. The molecule has 2 amide bonds. The zero-order valence-corrected chi connectivity index (χ0v) is 15.6. The number of aryl methyl sites for hydroxylation is 1. The third kappa shape index (κ3) is 3.73. The van der Waals surface area contributed by atoms with E-state index in [1.807, 2.05) is 0 Å². The Hall–Kier alpha value is -2.38. The molecule has 3 heterocycles. The van der Waals surface area contributed by atoms with E-state index in [2.05, 4.69) is 18.9 Å². The Kier molecular flexibility index (Phi) is 5.29. The Labute approximate surface area is 153 Å². The second-order valence-electron chi connectivity index (χ2n) is 7.44.